The van der Waals surface area contributed by atoms with Crippen LogP contribution in [0.2, 0.25) is 0 Å². The van der Waals surface area contributed by atoms with Gasteiger partial charge in [0.15, 0.2) is 6.10 Å². The van der Waals surface area contributed by atoms with Gasteiger partial charge in [0.1, 0.15) is 0 Å². The minimum atomic E-state index is -1.04. The number of carbonyl (C=O) groups is 2. The van der Waals surface area contributed by atoms with E-state index < -0.39 is 12.1 Å². The Morgan fingerprint density at radius 1 is 1.58 bits per heavy atom. The van der Waals surface area contributed by atoms with E-state index in [1.807, 2.05) is 13.8 Å². The fraction of sp³-hybridized carbons (Fsp3) is 0.833. The van der Waals surface area contributed by atoms with Gasteiger partial charge in [0.05, 0.1) is 25.8 Å². The van der Waals surface area contributed by atoms with Crippen molar-refractivity contribution in [3.05, 3.63) is 0 Å². The van der Waals surface area contributed by atoms with Crippen molar-refractivity contribution in [1.82, 2.24) is 9.80 Å². The maximum atomic E-state index is 12.4. The normalized spacial score (nSPS) is 21.0. The number of urea groups is 1. The molecule has 1 N–H and O–H groups in total. The van der Waals surface area contributed by atoms with Crippen LogP contribution in [0.4, 0.5) is 4.79 Å². The minimum absolute atomic E-state index is 0.0476. The fourth-order valence-corrected chi connectivity index (χ4v) is 2.12. The molecular formula is C12H22N2O5. The summed E-state index contributed by atoms with van der Waals surface area (Å²) in [4.78, 5) is 26.5. The first-order valence-corrected chi connectivity index (χ1v) is 6.40. The lowest BCUT2D eigenvalue weighted by Crippen LogP contribution is -2.55. The molecule has 7 heteroatoms. The SMILES string of the molecule is CCN(C(=O)N1CCOC(C(=O)O)C1)C(C)COC. The van der Waals surface area contributed by atoms with E-state index in [1.165, 1.54) is 4.90 Å². The third kappa shape index (κ3) is 4.07. The van der Waals surface area contributed by atoms with Gasteiger partial charge in [0.25, 0.3) is 0 Å². The number of hydrogen-bond acceptors (Lipinski definition) is 4. The van der Waals surface area contributed by atoms with Crippen LogP contribution in [-0.2, 0) is 14.3 Å². The van der Waals surface area contributed by atoms with Crippen molar-refractivity contribution in [3.8, 4) is 0 Å². The Hall–Kier alpha value is -1.34. The smallest absolute Gasteiger partial charge is 0.334 e. The number of amides is 2. The van der Waals surface area contributed by atoms with E-state index in [2.05, 4.69) is 0 Å². The lowest BCUT2D eigenvalue weighted by atomic mass is 10.2. The highest BCUT2D eigenvalue weighted by Crippen LogP contribution is 2.11. The van der Waals surface area contributed by atoms with E-state index >= 15 is 0 Å². The molecule has 1 aliphatic heterocycles. The van der Waals surface area contributed by atoms with Gasteiger partial charge in [0, 0.05) is 20.2 Å². The van der Waals surface area contributed by atoms with Crippen LogP contribution in [0.25, 0.3) is 0 Å². The number of ether oxygens (including phenoxy) is 2. The Morgan fingerprint density at radius 2 is 2.26 bits per heavy atom. The predicted molar refractivity (Wildman–Crippen MR) is 68.1 cm³/mol. The highest BCUT2D eigenvalue weighted by molar-refractivity contribution is 5.77. The van der Waals surface area contributed by atoms with Crippen LogP contribution in [0.5, 0.6) is 0 Å². The molecule has 1 aliphatic rings. The summed E-state index contributed by atoms with van der Waals surface area (Å²) < 4.78 is 10.2. The molecule has 19 heavy (non-hydrogen) atoms. The molecule has 0 spiro atoms. The molecule has 0 radical (unpaired) electrons. The largest absolute Gasteiger partial charge is 0.479 e. The second-order valence-corrected chi connectivity index (χ2v) is 4.52. The van der Waals surface area contributed by atoms with Crippen molar-refractivity contribution >= 4 is 12.0 Å². The van der Waals surface area contributed by atoms with Crippen molar-refractivity contribution < 1.29 is 24.2 Å². The van der Waals surface area contributed by atoms with Gasteiger partial charge in [-0.1, -0.05) is 0 Å². The number of carbonyl (C=O) groups excluding carboxylic acids is 1. The monoisotopic (exact) mass is 274 g/mol. The average molecular weight is 274 g/mol. The van der Waals surface area contributed by atoms with Crippen LogP contribution in [-0.4, -0.2) is 79.0 Å². The Balaban J connectivity index is 2.66. The zero-order chi connectivity index (χ0) is 14.4. The van der Waals surface area contributed by atoms with Gasteiger partial charge in [-0.25, -0.2) is 9.59 Å². The number of nitrogens with zero attached hydrogens (tertiary/aromatic N) is 2. The number of morpholine rings is 1. The molecule has 110 valence electrons. The lowest BCUT2D eigenvalue weighted by molar-refractivity contribution is -0.154. The van der Waals surface area contributed by atoms with E-state index in [0.717, 1.165) is 0 Å². The van der Waals surface area contributed by atoms with Gasteiger partial charge < -0.3 is 24.4 Å². The maximum absolute atomic E-state index is 12.4. The van der Waals surface area contributed by atoms with Gasteiger partial charge in [-0.15, -0.1) is 0 Å². The molecule has 1 heterocycles. The van der Waals surface area contributed by atoms with E-state index in [1.54, 1.807) is 12.0 Å². The van der Waals surface area contributed by atoms with Crippen LogP contribution >= 0.6 is 0 Å². The van der Waals surface area contributed by atoms with Crippen LogP contribution in [0.15, 0.2) is 0 Å². The highest BCUT2D eigenvalue weighted by Gasteiger charge is 2.32. The van der Waals surface area contributed by atoms with Crippen molar-refractivity contribution in [2.75, 3.05) is 40.0 Å². The molecule has 0 bridgehead atoms. The van der Waals surface area contributed by atoms with Crippen LogP contribution in [0.3, 0.4) is 0 Å². The van der Waals surface area contributed by atoms with Crippen molar-refractivity contribution in [2.45, 2.75) is 26.0 Å². The molecule has 7 nitrogen and oxygen atoms in total. The third-order valence-electron chi connectivity index (χ3n) is 3.14. The highest BCUT2D eigenvalue weighted by atomic mass is 16.5. The first-order chi connectivity index (χ1) is 9.01. The van der Waals surface area contributed by atoms with Crippen LogP contribution in [0, 0.1) is 0 Å². The number of rotatable bonds is 5. The van der Waals surface area contributed by atoms with Crippen molar-refractivity contribution in [3.63, 3.8) is 0 Å². The molecule has 2 amide bonds. The van der Waals surface area contributed by atoms with Crippen LogP contribution in [0.1, 0.15) is 13.8 Å². The number of likely N-dealkylation sites (N-methyl/N-ethyl adjacent to an activating group) is 1. The van der Waals surface area contributed by atoms with Crippen molar-refractivity contribution in [1.29, 1.82) is 0 Å². The van der Waals surface area contributed by atoms with E-state index in [0.29, 0.717) is 19.7 Å². The molecule has 1 rings (SSSR count). The Morgan fingerprint density at radius 3 is 2.79 bits per heavy atom. The molecule has 0 aromatic carbocycles. The van der Waals surface area contributed by atoms with Gasteiger partial charge in [0.2, 0.25) is 0 Å². The topological polar surface area (TPSA) is 79.3 Å². The Bertz CT molecular complexity index is 323. The van der Waals surface area contributed by atoms with Gasteiger partial charge >= 0.3 is 12.0 Å². The van der Waals surface area contributed by atoms with Gasteiger partial charge in [-0.2, -0.15) is 0 Å². The molecule has 2 atom stereocenters. The van der Waals surface area contributed by atoms with E-state index in [9.17, 15) is 9.59 Å². The van der Waals surface area contributed by atoms with E-state index in [4.69, 9.17) is 14.6 Å². The first-order valence-electron chi connectivity index (χ1n) is 6.40. The summed E-state index contributed by atoms with van der Waals surface area (Å²) in [7, 11) is 1.59. The number of methoxy groups -OCH3 is 1. The van der Waals surface area contributed by atoms with Gasteiger partial charge in [-0.3, -0.25) is 0 Å². The third-order valence-corrected chi connectivity index (χ3v) is 3.14. The van der Waals surface area contributed by atoms with Gasteiger partial charge in [-0.05, 0) is 13.8 Å². The predicted octanol–water partition coefficient (Wildman–Crippen LogP) is 0.249. The number of aliphatic carboxylic acids is 1. The molecule has 1 saturated heterocycles. The first kappa shape index (κ1) is 15.7. The number of carboxylic acids is 1. The molecular weight excluding hydrogens is 252 g/mol. The Labute approximate surface area is 113 Å². The zero-order valence-electron chi connectivity index (χ0n) is 11.7. The Kier molecular flexibility index (Phi) is 6.04. The van der Waals surface area contributed by atoms with E-state index in [-0.39, 0.29) is 25.2 Å². The minimum Gasteiger partial charge on any atom is -0.479 e. The summed E-state index contributed by atoms with van der Waals surface area (Å²) in [5.74, 6) is -1.04. The molecule has 0 aromatic rings. The molecule has 1 fully saturated rings. The average Bonchev–Trinajstić information content (AvgIpc) is 2.39. The quantitative estimate of drug-likeness (QED) is 0.777. The molecule has 0 saturated carbocycles. The zero-order valence-corrected chi connectivity index (χ0v) is 11.7. The fourth-order valence-electron chi connectivity index (χ4n) is 2.12. The second-order valence-electron chi connectivity index (χ2n) is 4.52. The molecule has 0 aliphatic carbocycles. The summed E-state index contributed by atoms with van der Waals surface area (Å²) in [5.41, 5.74) is 0. The maximum Gasteiger partial charge on any atom is 0.334 e. The summed E-state index contributed by atoms with van der Waals surface area (Å²) in [6.07, 6.45) is -0.936. The van der Waals surface area contributed by atoms with Crippen LogP contribution < -0.4 is 0 Å². The van der Waals surface area contributed by atoms with Crippen molar-refractivity contribution in [2.24, 2.45) is 0 Å². The number of hydrogen-bond donors (Lipinski definition) is 1. The number of carboxylic acid groups (broad SMARTS) is 1. The summed E-state index contributed by atoms with van der Waals surface area (Å²) >= 11 is 0. The summed E-state index contributed by atoms with van der Waals surface area (Å²) in [6.45, 7) is 5.55. The summed E-state index contributed by atoms with van der Waals surface area (Å²) in [6, 6.07) is -0.213. The standard InChI is InChI=1S/C12H22N2O5/c1-4-14(9(2)8-18-3)12(17)13-5-6-19-10(7-13)11(15)16/h9-10H,4-8H2,1-3H3,(H,15,16). The lowest BCUT2D eigenvalue weighted by Gasteiger charge is -2.37. The molecule has 0 aromatic heterocycles. The molecule has 2 unspecified atom stereocenters. The summed E-state index contributed by atoms with van der Waals surface area (Å²) in [5, 5.41) is 8.93. The second kappa shape index (κ2) is 7.30.